The molecule has 0 aromatic heterocycles. The van der Waals surface area contributed by atoms with Crippen LogP contribution >= 0.6 is 11.6 Å². The van der Waals surface area contributed by atoms with Crippen molar-refractivity contribution in [2.45, 2.75) is 12.8 Å². The number of nitrogens with one attached hydrogen (secondary N) is 2. The summed E-state index contributed by atoms with van der Waals surface area (Å²) in [7, 11) is 0. The van der Waals surface area contributed by atoms with E-state index in [2.05, 4.69) is 10.6 Å². The molecule has 0 atom stereocenters. The zero-order valence-electron chi connectivity index (χ0n) is 11.8. The minimum atomic E-state index is -0.220. The van der Waals surface area contributed by atoms with Gasteiger partial charge in [0.25, 0.3) is 5.91 Å². The van der Waals surface area contributed by atoms with Gasteiger partial charge in [0.2, 0.25) is 5.91 Å². The first-order valence-corrected chi connectivity index (χ1v) is 7.47. The summed E-state index contributed by atoms with van der Waals surface area (Å²) in [5.74, 6) is -0.00994. The summed E-state index contributed by atoms with van der Waals surface area (Å²) in [4.78, 5) is 23.8. The van der Waals surface area contributed by atoms with Crippen molar-refractivity contribution in [3.8, 4) is 0 Å². The van der Waals surface area contributed by atoms with E-state index < -0.39 is 0 Å². The fraction of sp³-hybridized carbons (Fsp3) is 0.176. The molecule has 2 aromatic carbocycles. The highest BCUT2D eigenvalue weighted by Gasteiger charge is 2.29. The van der Waals surface area contributed by atoms with Crippen molar-refractivity contribution in [2.24, 2.45) is 5.92 Å². The molecule has 1 aliphatic rings. The van der Waals surface area contributed by atoms with Gasteiger partial charge in [-0.05, 0) is 55.3 Å². The Hall–Kier alpha value is -2.33. The lowest BCUT2D eigenvalue weighted by atomic mass is 10.2. The smallest absolute Gasteiger partial charge is 0.255 e. The molecule has 0 spiro atoms. The van der Waals surface area contributed by atoms with Crippen molar-refractivity contribution in [1.29, 1.82) is 0 Å². The van der Waals surface area contributed by atoms with Gasteiger partial charge >= 0.3 is 0 Å². The van der Waals surface area contributed by atoms with Crippen molar-refractivity contribution in [2.75, 3.05) is 10.6 Å². The van der Waals surface area contributed by atoms with E-state index in [1.165, 1.54) is 0 Å². The van der Waals surface area contributed by atoms with Crippen LogP contribution < -0.4 is 10.6 Å². The maximum absolute atomic E-state index is 12.1. The van der Waals surface area contributed by atoms with Crippen LogP contribution in [0.1, 0.15) is 23.2 Å². The van der Waals surface area contributed by atoms with E-state index in [-0.39, 0.29) is 17.7 Å². The zero-order valence-corrected chi connectivity index (χ0v) is 12.6. The number of halogens is 1. The summed E-state index contributed by atoms with van der Waals surface area (Å²) in [6.45, 7) is 0. The first-order valence-electron chi connectivity index (χ1n) is 7.10. The van der Waals surface area contributed by atoms with Gasteiger partial charge in [0, 0.05) is 27.9 Å². The van der Waals surface area contributed by atoms with Crippen LogP contribution in [0.4, 0.5) is 11.4 Å². The molecular formula is C17H15ClN2O2. The molecule has 0 unspecified atom stereocenters. The van der Waals surface area contributed by atoms with E-state index >= 15 is 0 Å². The van der Waals surface area contributed by atoms with E-state index in [1.807, 2.05) is 0 Å². The number of hydrogen-bond acceptors (Lipinski definition) is 2. The predicted octanol–water partition coefficient (Wildman–Crippen LogP) is 3.94. The van der Waals surface area contributed by atoms with Crippen molar-refractivity contribution in [1.82, 2.24) is 0 Å². The average Bonchev–Trinajstić information content (AvgIpc) is 3.32. The third-order valence-electron chi connectivity index (χ3n) is 3.45. The Kier molecular flexibility index (Phi) is 4.11. The number of anilines is 2. The minimum absolute atomic E-state index is 0.0520. The molecule has 1 aliphatic carbocycles. The van der Waals surface area contributed by atoms with Gasteiger partial charge in [-0.25, -0.2) is 0 Å². The van der Waals surface area contributed by atoms with E-state index in [0.29, 0.717) is 22.0 Å². The van der Waals surface area contributed by atoms with Gasteiger partial charge < -0.3 is 10.6 Å². The van der Waals surface area contributed by atoms with Crippen LogP contribution in [0.15, 0.2) is 48.5 Å². The molecule has 0 bridgehead atoms. The normalized spacial score (nSPS) is 13.5. The second-order valence-corrected chi connectivity index (χ2v) is 5.74. The van der Waals surface area contributed by atoms with Gasteiger partial charge in [-0.1, -0.05) is 17.7 Å². The molecule has 22 heavy (non-hydrogen) atoms. The Morgan fingerprint density at radius 3 is 2.32 bits per heavy atom. The average molecular weight is 315 g/mol. The summed E-state index contributed by atoms with van der Waals surface area (Å²) in [6.07, 6.45) is 1.93. The molecule has 0 aliphatic heterocycles. The van der Waals surface area contributed by atoms with Crippen molar-refractivity contribution >= 4 is 34.8 Å². The van der Waals surface area contributed by atoms with Crippen LogP contribution in [0.5, 0.6) is 0 Å². The molecule has 112 valence electrons. The molecule has 0 radical (unpaired) electrons. The SMILES string of the molecule is O=C(Nc1cccc(Cl)c1)c1ccc(NC(=O)C2CC2)cc1. The highest BCUT2D eigenvalue weighted by Crippen LogP contribution is 2.30. The summed E-state index contributed by atoms with van der Waals surface area (Å²) < 4.78 is 0. The molecule has 1 fully saturated rings. The topological polar surface area (TPSA) is 58.2 Å². The summed E-state index contributed by atoms with van der Waals surface area (Å²) in [5.41, 5.74) is 1.87. The van der Waals surface area contributed by atoms with E-state index in [9.17, 15) is 9.59 Å². The van der Waals surface area contributed by atoms with Crippen molar-refractivity contribution in [3.63, 3.8) is 0 Å². The van der Waals surface area contributed by atoms with Crippen LogP contribution in [-0.2, 0) is 4.79 Å². The largest absolute Gasteiger partial charge is 0.326 e. The molecule has 0 saturated heterocycles. The van der Waals surface area contributed by atoms with Crippen LogP contribution in [0, 0.1) is 5.92 Å². The number of benzene rings is 2. The second kappa shape index (κ2) is 6.20. The monoisotopic (exact) mass is 314 g/mol. The number of hydrogen-bond donors (Lipinski definition) is 2. The highest BCUT2D eigenvalue weighted by molar-refractivity contribution is 6.31. The van der Waals surface area contributed by atoms with Crippen LogP contribution in [0.25, 0.3) is 0 Å². The van der Waals surface area contributed by atoms with E-state index in [1.54, 1.807) is 48.5 Å². The van der Waals surface area contributed by atoms with Crippen molar-refractivity contribution < 1.29 is 9.59 Å². The molecule has 1 saturated carbocycles. The van der Waals surface area contributed by atoms with E-state index in [0.717, 1.165) is 12.8 Å². The lowest BCUT2D eigenvalue weighted by Gasteiger charge is -2.07. The summed E-state index contributed by atoms with van der Waals surface area (Å²) in [6, 6.07) is 13.8. The van der Waals surface area contributed by atoms with Crippen LogP contribution in [0.3, 0.4) is 0 Å². The second-order valence-electron chi connectivity index (χ2n) is 5.31. The van der Waals surface area contributed by atoms with Gasteiger partial charge in [0.15, 0.2) is 0 Å². The summed E-state index contributed by atoms with van der Waals surface area (Å²) in [5, 5.41) is 6.18. The number of carbonyl (C=O) groups excluding carboxylic acids is 2. The number of carbonyl (C=O) groups is 2. The molecule has 2 amide bonds. The molecular weight excluding hydrogens is 300 g/mol. The van der Waals surface area contributed by atoms with Gasteiger partial charge in [0.05, 0.1) is 0 Å². The van der Waals surface area contributed by atoms with Crippen LogP contribution in [0.2, 0.25) is 5.02 Å². The van der Waals surface area contributed by atoms with Crippen molar-refractivity contribution in [3.05, 3.63) is 59.1 Å². The lowest BCUT2D eigenvalue weighted by Crippen LogP contribution is -2.14. The first kappa shape index (κ1) is 14.6. The zero-order chi connectivity index (χ0) is 15.5. The van der Waals surface area contributed by atoms with Gasteiger partial charge in [-0.2, -0.15) is 0 Å². The minimum Gasteiger partial charge on any atom is -0.326 e. The Bertz CT molecular complexity index is 709. The standard InChI is InChI=1S/C17H15ClN2O2/c18-13-2-1-3-15(10-13)20-17(22)12-6-8-14(9-7-12)19-16(21)11-4-5-11/h1-3,6-11H,4-5H2,(H,19,21)(H,20,22). The Labute approximate surface area is 133 Å². The fourth-order valence-electron chi connectivity index (χ4n) is 2.06. The maximum Gasteiger partial charge on any atom is 0.255 e. The Morgan fingerprint density at radius 1 is 0.955 bits per heavy atom. The number of amides is 2. The van der Waals surface area contributed by atoms with Gasteiger partial charge in [-0.15, -0.1) is 0 Å². The predicted molar refractivity (Wildman–Crippen MR) is 87.2 cm³/mol. The Balaban J connectivity index is 1.64. The number of rotatable bonds is 4. The maximum atomic E-state index is 12.1. The molecule has 2 aromatic rings. The summed E-state index contributed by atoms with van der Waals surface area (Å²) >= 11 is 5.88. The molecule has 2 N–H and O–H groups in total. The quantitative estimate of drug-likeness (QED) is 0.898. The molecule has 0 heterocycles. The molecule has 5 heteroatoms. The third-order valence-corrected chi connectivity index (χ3v) is 3.68. The van der Waals surface area contributed by atoms with Crippen LogP contribution in [-0.4, -0.2) is 11.8 Å². The fourth-order valence-corrected chi connectivity index (χ4v) is 2.25. The lowest BCUT2D eigenvalue weighted by molar-refractivity contribution is -0.117. The van der Waals surface area contributed by atoms with Gasteiger partial charge in [-0.3, -0.25) is 9.59 Å². The molecule has 4 nitrogen and oxygen atoms in total. The van der Waals surface area contributed by atoms with Gasteiger partial charge in [0.1, 0.15) is 0 Å². The third kappa shape index (κ3) is 3.65. The highest BCUT2D eigenvalue weighted by atomic mass is 35.5. The molecule has 3 rings (SSSR count). The van der Waals surface area contributed by atoms with E-state index in [4.69, 9.17) is 11.6 Å². The first-order chi connectivity index (χ1) is 10.6. The Morgan fingerprint density at radius 2 is 1.68 bits per heavy atom.